The van der Waals surface area contributed by atoms with E-state index in [9.17, 15) is 27.6 Å². The van der Waals surface area contributed by atoms with E-state index in [0.29, 0.717) is 54.6 Å². The van der Waals surface area contributed by atoms with Crippen molar-refractivity contribution in [3.63, 3.8) is 0 Å². The van der Waals surface area contributed by atoms with E-state index in [1.165, 1.54) is 12.0 Å². The fourth-order valence-electron chi connectivity index (χ4n) is 5.88. The summed E-state index contributed by atoms with van der Waals surface area (Å²) >= 11 is 0. The van der Waals surface area contributed by atoms with Crippen molar-refractivity contribution in [1.82, 2.24) is 25.2 Å². The van der Waals surface area contributed by atoms with Gasteiger partial charge in [0, 0.05) is 36.5 Å². The Morgan fingerprint density at radius 2 is 1.86 bits per heavy atom. The van der Waals surface area contributed by atoms with Crippen LogP contribution >= 0.6 is 0 Å². The number of fused-ring (bicyclic) bond motifs is 2. The number of esters is 1. The van der Waals surface area contributed by atoms with E-state index < -0.39 is 63.2 Å². The number of urea groups is 1. The van der Waals surface area contributed by atoms with Gasteiger partial charge in [0.25, 0.3) is 5.91 Å². The van der Waals surface area contributed by atoms with Crippen molar-refractivity contribution >= 4 is 44.7 Å². The Labute approximate surface area is 284 Å². The summed E-state index contributed by atoms with van der Waals surface area (Å²) in [6.07, 6.45) is 7.00. The maximum Gasteiger partial charge on any atom is 0.338 e. The second-order valence-electron chi connectivity index (χ2n) is 12.7. The molecule has 3 N–H and O–H groups in total. The Balaban J connectivity index is 1.28. The summed E-state index contributed by atoms with van der Waals surface area (Å²) in [6, 6.07) is 14.0. The number of pyridine rings is 1. The molecular formula is C35H39N5O8S. The summed E-state index contributed by atoms with van der Waals surface area (Å²) < 4.78 is 38.5. The van der Waals surface area contributed by atoms with Crippen molar-refractivity contribution in [1.29, 1.82) is 0 Å². The van der Waals surface area contributed by atoms with Crippen molar-refractivity contribution in [2.24, 2.45) is 5.92 Å². The second kappa shape index (κ2) is 13.9. The molecular weight excluding hydrogens is 650 g/mol. The highest BCUT2D eigenvalue weighted by Crippen LogP contribution is 2.45. The van der Waals surface area contributed by atoms with Gasteiger partial charge in [0.1, 0.15) is 23.9 Å². The SMILES string of the molecule is COc1ccc2c(C(=O)OC[C@@H]3NC(=O)N(C)CCCC/C=C\[C@H]4C[C@@]4(C(=O)NS(=O)(=O)C4CC4)NC3=O)cc(-c3ccccc3)nc2c1. The van der Waals surface area contributed by atoms with Crippen LogP contribution in [0.3, 0.4) is 0 Å². The summed E-state index contributed by atoms with van der Waals surface area (Å²) in [4.78, 5) is 60.4. The number of amides is 4. The average Bonchev–Trinajstić information content (AvgIpc) is 4.03. The maximum absolute atomic E-state index is 13.9. The molecule has 0 spiro atoms. The first-order valence-corrected chi connectivity index (χ1v) is 17.8. The minimum Gasteiger partial charge on any atom is -0.497 e. The maximum atomic E-state index is 13.9. The van der Waals surface area contributed by atoms with Crippen molar-refractivity contribution in [2.75, 3.05) is 27.3 Å². The first-order chi connectivity index (χ1) is 23.5. The zero-order valence-electron chi connectivity index (χ0n) is 27.3. The molecule has 1 aliphatic heterocycles. The predicted molar refractivity (Wildman–Crippen MR) is 181 cm³/mol. The molecule has 13 nitrogen and oxygen atoms in total. The highest BCUT2D eigenvalue weighted by atomic mass is 32.2. The van der Waals surface area contributed by atoms with Gasteiger partial charge in [-0.3, -0.25) is 14.3 Å². The van der Waals surface area contributed by atoms with Gasteiger partial charge in [-0.2, -0.15) is 0 Å². The molecule has 2 saturated carbocycles. The number of nitrogens with one attached hydrogen (secondary N) is 3. The van der Waals surface area contributed by atoms with Gasteiger partial charge in [-0.25, -0.2) is 23.0 Å². The molecule has 3 atom stereocenters. The van der Waals surface area contributed by atoms with Crippen molar-refractivity contribution in [2.45, 2.75) is 55.4 Å². The van der Waals surface area contributed by atoms with Crippen LogP contribution in [-0.2, 0) is 24.3 Å². The zero-order valence-corrected chi connectivity index (χ0v) is 28.1. The largest absolute Gasteiger partial charge is 0.497 e. The molecule has 0 saturated heterocycles. The Hall–Kier alpha value is -4.98. The van der Waals surface area contributed by atoms with E-state index >= 15 is 0 Å². The number of nitrogens with zero attached hydrogens (tertiary/aromatic N) is 2. The Bertz CT molecular complexity index is 1910. The van der Waals surface area contributed by atoms with Crippen molar-refractivity contribution in [3.05, 3.63) is 72.3 Å². The molecule has 2 heterocycles. The number of benzene rings is 2. The number of carbonyl (C=O) groups is 4. The summed E-state index contributed by atoms with van der Waals surface area (Å²) in [5.74, 6) is -2.30. The normalized spacial score (nSPS) is 23.7. The predicted octanol–water partition coefficient (Wildman–Crippen LogP) is 3.30. The lowest BCUT2D eigenvalue weighted by Gasteiger charge is -2.26. The van der Waals surface area contributed by atoms with Crippen LogP contribution in [0.5, 0.6) is 5.75 Å². The van der Waals surface area contributed by atoms with Crippen LogP contribution in [0, 0.1) is 5.92 Å². The van der Waals surface area contributed by atoms with Gasteiger partial charge in [0.05, 0.1) is 29.1 Å². The molecule has 258 valence electrons. The van der Waals surface area contributed by atoms with Crippen molar-refractivity contribution < 1.29 is 37.1 Å². The van der Waals surface area contributed by atoms with E-state index in [0.717, 1.165) is 12.0 Å². The number of hydrogen-bond acceptors (Lipinski definition) is 9. The Morgan fingerprint density at radius 3 is 2.59 bits per heavy atom. The molecule has 14 heteroatoms. The molecule has 3 aliphatic rings. The molecule has 0 unspecified atom stereocenters. The fraction of sp³-hybridized carbons (Fsp3) is 0.400. The molecule has 2 aromatic carbocycles. The number of aromatic nitrogens is 1. The highest BCUT2D eigenvalue weighted by molar-refractivity contribution is 7.91. The third-order valence-corrected chi connectivity index (χ3v) is 10.9. The first-order valence-electron chi connectivity index (χ1n) is 16.3. The topological polar surface area (TPSA) is 173 Å². The monoisotopic (exact) mass is 689 g/mol. The Morgan fingerprint density at radius 1 is 1.08 bits per heavy atom. The van der Waals surface area contributed by atoms with Gasteiger partial charge in [-0.1, -0.05) is 42.5 Å². The van der Waals surface area contributed by atoms with Crippen LogP contribution in [0.25, 0.3) is 22.2 Å². The highest BCUT2D eigenvalue weighted by Gasteiger charge is 2.61. The minimum atomic E-state index is -3.89. The molecule has 49 heavy (non-hydrogen) atoms. The average molecular weight is 690 g/mol. The van der Waals surface area contributed by atoms with E-state index in [1.54, 1.807) is 31.3 Å². The number of sulfonamides is 1. The molecule has 4 amide bonds. The molecule has 2 aliphatic carbocycles. The Kier molecular flexibility index (Phi) is 9.59. The van der Waals surface area contributed by atoms with Gasteiger partial charge in [0.15, 0.2) is 0 Å². The van der Waals surface area contributed by atoms with Gasteiger partial charge < -0.3 is 25.0 Å². The molecule has 0 radical (unpaired) electrons. The molecule has 6 rings (SSSR count). The van der Waals surface area contributed by atoms with E-state index in [4.69, 9.17) is 14.5 Å². The lowest BCUT2D eigenvalue weighted by molar-refractivity contribution is -0.130. The standard InChI is InChI=1S/C35H39N5O8S/c1-40-17-9-4-3-8-12-23-20-35(23,33(43)39-49(45,46)25-14-15-25)38-31(41)30(37-34(40)44)21-48-32(42)27-19-28(22-10-6-5-7-11-22)36-29-18-24(47-2)13-16-26(27)29/h5-8,10-13,16,18-19,23,25,30H,3-4,9,14-15,17,20-21H2,1-2H3,(H,37,44)(H,38,41)(H,39,43)/b12-8-/t23-,30-,35+/m0/s1. The van der Waals surface area contributed by atoms with Crippen LogP contribution in [0.1, 0.15) is 48.9 Å². The lowest BCUT2D eigenvalue weighted by atomic mass is 10.0. The van der Waals surface area contributed by atoms with Gasteiger partial charge >= 0.3 is 12.0 Å². The molecule has 2 fully saturated rings. The van der Waals surface area contributed by atoms with Crippen LogP contribution in [0.15, 0.2) is 66.7 Å². The summed E-state index contributed by atoms with van der Waals surface area (Å²) in [5.41, 5.74) is 0.414. The van der Waals surface area contributed by atoms with Crippen LogP contribution in [-0.4, -0.2) is 86.3 Å². The number of rotatable bonds is 8. The number of carbonyl (C=O) groups excluding carboxylic acids is 4. The second-order valence-corrected chi connectivity index (χ2v) is 14.7. The van der Waals surface area contributed by atoms with E-state index in [1.807, 2.05) is 42.5 Å². The van der Waals surface area contributed by atoms with Crippen LogP contribution < -0.4 is 20.1 Å². The van der Waals surface area contributed by atoms with E-state index in [2.05, 4.69) is 15.4 Å². The number of hydrogen-bond donors (Lipinski definition) is 3. The third-order valence-electron chi connectivity index (χ3n) is 9.10. The van der Waals surface area contributed by atoms with Gasteiger partial charge in [-0.05, 0) is 56.7 Å². The number of allylic oxidation sites excluding steroid dienone is 1. The summed E-state index contributed by atoms with van der Waals surface area (Å²) in [7, 11) is -0.767. The zero-order chi connectivity index (χ0) is 34.8. The minimum absolute atomic E-state index is 0.177. The lowest BCUT2D eigenvalue weighted by Crippen LogP contribution is -2.59. The number of ether oxygens (including phenoxy) is 2. The van der Waals surface area contributed by atoms with Gasteiger partial charge in [0.2, 0.25) is 15.9 Å². The molecule has 0 bridgehead atoms. The van der Waals surface area contributed by atoms with Gasteiger partial charge in [-0.15, -0.1) is 0 Å². The van der Waals surface area contributed by atoms with Crippen molar-refractivity contribution in [3.8, 4) is 17.0 Å². The number of methoxy groups -OCH3 is 1. The smallest absolute Gasteiger partial charge is 0.338 e. The molecule has 3 aromatic rings. The quantitative estimate of drug-likeness (QED) is 0.237. The summed E-state index contributed by atoms with van der Waals surface area (Å²) in [6.45, 7) is -0.138. The fourth-order valence-corrected chi connectivity index (χ4v) is 7.25. The van der Waals surface area contributed by atoms with E-state index in [-0.39, 0.29) is 12.0 Å². The van der Waals surface area contributed by atoms with Crippen LogP contribution in [0.2, 0.25) is 0 Å². The summed E-state index contributed by atoms with van der Waals surface area (Å²) in [5, 5.41) is 5.20. The first kappa shape index (κ1) is 33.9. The van der Waals surface area contributed by atoms with Crippen LogP contribution in [0.4, 0.5) is 4.79 Å². The third kappa shape index (κ3) is 7.53. The molecule has 1 aromatic heterocycles.